The summed E-state index contributed by atoms with van der Waals surface area (Å²) in [4.78, 5) is 6.54. The largest absolute Gasteiger partial charge is 0.346 e. The molecule has 1 heterocycles. The lowest BCUT2D eigenvalue weighted by Crippen LogP contribution is -2.36. The van der Waals surface area contributed by atoms with Crippen molar-refractivity contribution in [2.24, 2.45) is 4.99 Å². The summed E-state index contributed by atoms with van der Waals surface area (Å²) in [7, 11) is 4.07. The topological polar surface area (TPSA) is 27.6 Å². The molecular weight excluding hydrogens is 266 g/mol. The van der Waals surface area contributed by atoms with Crippen molar-refractivity contribution in [3.05, 3.63) is 35.0 Å². The van der Waals surface area contributed by atoms with Crippen molar-refractivity contribution in [1.82, 2.24) is 10.2 Å². The molecule has 0 bridgehead atoms. The summed E-state index contributed by atoms with van der Waals surface area (Å²) in [6.07, 6.45) is 6.72. The van der Waals surface area contributed by atoms with E-state index in [1.165, 1.54) is 5.70 Å². The van der Waals surface area contributed by atoms with Gasteiger partial charge in [-0.25, -0.2) is 0 Å². The Balaban J connectivity index is 2.64. The summed E-state index contributed by atoms with van der Waals surface area (Å²) < 4.78 is 1.02. The van der Waals surface area contributed by atoms with Crippen LogP contribution in [0.5, 0.6) is 0 Å². The van der Waals surface area contributed by atoms with Crippen LogP contribution in [0.4, 0.5) is 0 Å². The molecule has 0 unspecified atom stereocenters. The molecule has 1 aliphatic rings. The van der Waals surface area contributed by atoms with E-state index in [0.29, 0.717) is 0 Å². The fourth-order valence-electron chi connectivity index (χ4n) is 1.42. The van der Waals surface area contributed by atoms with Crippen LogP contribution in [0.3, 0.4) is 0 Å². The summed E-state index contributed by atoms with van der Waals surface area (Å²) in [5, 5.41) is 3.34. The Kier molecular flexibility index (Phi) is 5.49. The van der Waals surface area contributed by atoms with Crippen molar-refractivity contribution < 1.29 is 0 Å². The van der Waals surface area contributed by atoms with Gasteiger partial charge in [-0.15, -0.1) is 0 Å². The van der Waals surface area contributed by atoms with Gasteiger partial charge in [-0.2, -0.15) is 0 Å². The molecule has 1 N–H and O–H groups in total. The summed E-state index contributed by atoms with van der Waals surface area (Å²) in [6, 6.07) is 0. The fourth-order valence-corrected chi connectivity index (χ4v) is 1.89. The minimum atomic E-state index is 0.847. The fraction of sp³-hybridized carbons (Fsp3) is 0.417. The molecule has 88 valence electrons. The van der Waals surface area contributed by atoms with Gasteiger partial charge in [0.05, 0.1) is 6.54 Å². The van der Waals surface area contributed by atoms with E-state index in [4.69, 9.17) is 0 Å². The lowest BCUT2D eigenvalue weighted by Gasteiger charge is -2.20. The lowest BCUT2D eigenvalue weighted by atomic mass is 10.2. The molecule has 0 fully saturated rings. The van der Waals surface area contributed by atoms with Gasteiger partial charge < -0.3 is 10.2 Å². The second-order valence-electron chi connectivity index (χ2n) is 3.90. The van der Waals surface area contributed by atoms with Crippen LogP contribution in [-0.4, -0.2) is 37.9 Å². The number of hydrogen-bond donors (Lipinski definition) is 1. The van der Waals surface area contributed by atoms with Gasteiger partial charge in [0.15, 0.2) is 0 Å². The van der Waals surface area contributed by atoms with Crippen LogP contribution >= 0.6 is 15.9 Å². The Morgan fingerprint density at radius 3 is 3.00 bits per heavy atom. The van der Waals surface area contributed by atoms with Gasteiger partial charge in [-0.1, -0.05) is 28.6 Å². The molecule has 0 amide bonds. The highest BCUT2D eigenvalue weighted by Gasteiger charge is 2.09. The van der Waals surface area contributed by atoms with Gasteiger partial charge in [0.1, 0.15) is 5.84 Å². The van der Waals surface area contributed by atoms with E-state index in [9.17, 15) is 0 Å². The Morgan fingerprint density at radius 2 is 2.38 bits per heavy atom. The molecule has 0 aromatic rings. The Hall–Kier alpha value is -0.870. The Morgan fingerprint density at radius 1 is 1.62 bits per heavy atom. The van der Waals surface area contributed by atoms with E-state index in [1.807, 2.05) is 20.2 Å². The molecule has 3 nitrogen and oxygen atoms in total. The first kappa shape index (κ1) is 13.2. The minimum absolute atomic E-state index is 0.847. The van der Waals surface area contributed by atoms with Gasteiger partial charge in [-0.3, -0.25) is 4.99 Å². The lowest BCUT2D eigenvalue weighted by molar-refractivity contribution is 0.463. The standard InChI is InChI=1S/C12H18BrN3/c1-4-5-10(13)8-11-6-7-14-12(15-11)9-16(2)3/h4-5,8H,1,6-7,9H2,2-3H3,(H,14,15)/b10-5+,11-8+. The number of amidine groups is 1. The maximum atomic E-state index is 4.44. The average molecular weight is 284 g/mol. The first-order chi connectivity index (χ1) is 7.61. The van der Waals surface area contributed by atoms with Crippen LogP contribution in [-0.2, 0) is 0 Å². The van der Waals surface area contributed by atoms with E-state index < -0.39 is 0 Å². The molecule has 0 atom stereocenters. The molecule has 0 radical (unpaired) electrons. The highest BCUT2D eigenvalue weighted by Crippen LogP contribution is 2.13. The number of nitrogens with zero attached hydrogens (tertiary/aromatic N) is 2. The summed E-state index contributed by atoms with van der Waals surface area (Å²) in [5.41, 5.74) is 1.19. The number of likely N-dealkylation sites (N-methyl/N-ethyl adjacent to an activating group) is 1. The van der Waals surface area contributed by atoms with Crippen molar-refractivity contribution in [3.63, 3.8) is 0 Å². The molecule has 1 rings (SSSR count). The van der Waals surface area contributed by atoms with Crippen molar-refractivity contribution in [1.29, 1.82) is 0 Å². The smallest absolute Gasteiger partial charge is 0.115 e. The average Bonchev–Trinajstić information content (AvgIpc) is 2.17. The highest BCUT2D eigenvalue weighted by atomic mass is 79.9. The van der Waals surface area contributed by atoms with E-state index in [0.717, 1.165) is 29.8 Å². The van der Waals surface area contributed by atoms with Crippen molar-refractivity contribution in [3.8, 4) is 0 Å². The minimum Gasteiger partial charge on any atom is -0.346 e. The number of nitrogens with one attached hydrogen (secondary N) is 1. The van der Waals surface area contributed by atoms with Crippen LogP contribution in [0, 0.1) is 0 Å². The number of allylic oxidation sites excluding steroid dienone is 4. The molecule has 0 aromatic heterocycles. The second kappa shape index (κ2) is 6.66. The quantitative estimate of drug-likeness (QED) is 0.802. The van der Waals surface area contributed by atoms with Crippen molar-refractivity contribution in [2.45, 2.75) is 6.42 Å². The Labute approximate surface area is 106 Å². The number of aliphatic imine (C=N–C) groups is 1. The normalized spacial score (nSPS) is 19.6. The van der Waals surface area contributed by atoms with Gasteiger partial charge in [0, 0.05) is 23.1 Å². The third-order valence-corrected chi connectivity index (χ3v) is 2.54. The highest BCUT2D eigenvalue weighted by molar-refractivity contribution is 9.11. The zero-order chi connectivity index (χ0) is 12.0. The molecule has 0 aromatic carbocycles. The molecule has 0 aliphatic carbocycles. The maximum Gasteiger partial charge on any atom is 0.115 e. The van der Waals surface area contributed by atoms with Crippen molar-refractivity contribution in [2.75, 3.05) is 27.2 Å². The van der Waals surface area contributed by atoms with Gasteiger partial charge in [-0.05, 0) is 26.2 Å². The molecule has 0 saturated carbocycles. The van der Waals surface area contributed by atoms with Crippen molar-refractivity contribution >= 4 is 21.8 Å². The zero-order valence-corrected chi connectivity index (χ0v) is 11.4. The molecular formula is C12H18BrN3. The molecule has 4 heteroatoms. The van der Waals surface area contributed by atoms with Crippen LogP contribution in [0.1, 0.15) is 6.42 Å². The van der Waals surface area contributed by atoms with E-state index in [1.54, 1.807) is 6.08 Å². The van der Waals surface area contributed by atoms with Gasteiger partial charge >= 0.3 is 0 Å². The summed E-state index contributed by atoms with van der Waals surface area (Å²) in [6.45, 7) is 5.37. The maximum absolute atomic E-state index is 4.44. The number of rotatable bonds is 4. The molecule has 1 aliphatic heterocycles. The van der Waals surface area contributed by atoms with Gasteiger partial charge in [0.25, 0.3) is 0 Å². The third kappa shape index (κ3) is 4.77. The second-order valence-corrected chi connectivity index (χ2v) is 4.81. The number of hydrogen-bond acceptors (Lipinski definition) is 3. The summed E-state index contributed by atoms with van der Waals surface area (Å²) >= 11 is 3.47. The SMILES string of the molecule is C=C/C=C(Br)\C=C1/CCN=C(CN(C)C)N1. The molecule has 16 heavy (non-hydrogen) atoms. The number of halogens is 1. The predicted molar refractivity (Wildman–Crippen MR) is 73.9 cm³/mol. The first-order valence-corrected chi connectivity index (χ1v) is 6.05. The van der Waals surface area contributed by atoms with E-state index >= 15 is 0 Å². The van der Waals surface area contributed by atoms with Crippen LogP contribution < -0.4 is 5.32 Å². The molecule has 0 saturated heterocycles. The van der Waals surface area contributed by atoms with Crippen LogP contribution in [0.2, 0.25) is 0 Å². The third-order valence-electron chi connectivity index (χ3n) is 2.04. The van der Waals surface area contributed by atoms with E-state index in [-0.39, 0.29) is 0 Å². The summed E-state index contributed by atoms with van der Waals surface area (Å²) in [5.74, 6) is 1.03. The van der Waals surface area contributed by atoms with E-state index in [2.05, 4.69) is 43.8 Å². The van der Waals surface area contributed by atoms with Crippen LogP contribution in [0.15, 0.2) is 40.0 Å². The molecule has 0 spiro atoms. The Bertz CT molecular complexity index is 340. The first-order valence-electron chi connectivity index (χ1n) is 5.25. The van der Waals surface area contributed by atoms with Gasteiger partial charge in [0.2, 0.25) is 0 Å². The monoisotopic (exact) mass is 283 g/mol. The van der Waals surface area contributed by atoms with Crippen LogP contribution in [0.25, 0.3) is 0 Å². The predicted octanol–water partition coefficient (Wildman–Crippen LogP) is 2.29. The zero-order valence-electron chi connectivity index (χ0n) is 9.83.